The molecule has 0 aliphatic carbocycles. The van der Waals surface area contributed by atoms with E-state index in [4.69, 9.17) is 0 Å². The van der Waals surface area contributed by atoms with Crippen molar-refractivity contribution in [3.63, 3.8) is 0 Å². The van der Waals surface area contributed by atoms with E-state index in [1.54, 1.807) is 18.2 Å². The molecule has 0 heterocycles. The van der Waals surface area contributed by atoms with E-state index in [0.29, 0.717) is 11.1 Å². The fourth-order valence-electron chi connectivity index (χ4n) is 1.58. The second kappa shape index (κ2) is 6.77. The summed E-state index contributed by atoms with van der Waals surface area (Å²) in [5.74, 6) is -0.438. The first-order chi connectivity index (χ1) is 9.63. The smallest absolute Gasteiger partial charge is 0.337 e. The van der Waals surface area contributed by atoms with Crippen LogP contribution in [0.1, 0.15) is 15.9 Å². The SMILES string of the molecule is COC(=O)c1ccc(Sc2ccc(I)cc2)c(C#N)c1. The molecule has 0 aliphatic rings. The molecule has 0 N–H and O–H groups in total. The fraction of sp³-hybridized carbons (Fsp3) is 0.0667. The predicted molar refractivity (Wildman–Crippen MR) is 85.8 cm³/mol. The number of halogens is 1. The first-order valence-corrected chi connectivity index (χ1v) is 7.59. The lowest BCUT2D eigenvalue weighted by Crippen LogP contribution is -2.01. The van der Waals surface area contributed by atoms with Gasteiger partial charge in [0.1, 0.15) is 6.07 Å². The van der Waals surface area contributed by atoms with Gasteiger partial charge in [0, 0.05) is 13.4 Å². The minimum atomic E-state index is -0.438. The zero-order valence-electron chi connectivity index (χ0n) is 10.6. The van der Waals surface area contributed by atoms with Gasteiger partial charge in [0.2, 0.25) is 0 Å². The molecule has 0 bridgehead atoms. The van der Waals surface area contributed by atoms with Crippen molar-refractivity contribution in [3.05, 3.63) is 57.2 Å². The van der Waals surface area contributed by atoms with Gasteiger partial charge in [-0.1, -0.05) is 11.8 Å². The molecule has 0 amide bonds. The van der Waals surface area contributed by atoms with Crippen LogP contribution in [-0.4, -0.2) is 13.1 Å². The molecular formula is C15H10INO2S. The number of nitrogens with zero attached hydrogens (tertiary/aromatic N) is 1. The lowest BCUT2D eigenvalue weighted by Gasteiger charge is -2.06. The molecule has 100 valence electrons. The Morgan fingerprint density at radius 3 is 2.55 bits per heavy atom. The molecule has 0 saturated carbocycles. The average molecular weight is 395 g/mol. The zero-order chi connectivity index (χ0) is 14.5. The molecule has 0 saturated heterocycles. The van der Waals surface area contributed by atoms with Crippen molar-refractivity contribution in [2.24, 2.45) is 0 Å². The van der Waals surface area contributed by atoms with Crippen LogP contribution in [-0.2, 0) is 4.74 Å². The minimum Gasteiger partial charge on any atom is -0.465 e. The Kier molecular flexibility index (Phi) is 5.04. The lowest BCUT2D eigenvalue weighted by molar-refractivity contribution is 0.0600. The summed E-state index contributed by atoms with van der Waals surface area (Å²) < 4.78 is 5.81. The summed E-state index contributed by atoms with van der Waals surface area (Å²) in [6, 6.07) is 15.1. The van der Waals surface area contributed by atoms with Crippen LogP contribution in [0.15, 0.2) is 52.3 Å². The van der Waals surface area contributed by atoms with E-state index in [9.17, 15) is 10.1 Å². The summed E-state index contributed by atoms with van der Waals surface area (Å²) in [6.07, 6.45) is 0. The molecule has 0 fully saturated rings. The van der Waals surface area contributed by atoms with Gasteiger partial charge < -0.3 is 4.74 Å². The molecule has 2 rings (SSSR count). The summed E-state index contributed by atoms with van der Waals surface area (Å²) in [4.78, 5) is 13.3. The van der Waals surface area contributed by atoms with E-state index in [1.165, 1.54) is 18.9 Å². The number of ether oxygens (including phenoxy) is 1. The summed E-state index contributed by atoms with van der Waals surface area (Å²) >= 11 is 3.74. The van der Waals surface area contributed by atoms with Gasteiger partial charge in [-0.05, 0) is 65.1 Å². The fourth-order valence-corrected chi connectivity index (χ4v) is 2.82. The van der Waals surface area contributed by atoms with Gasteiger partial charge in [-0.3, -0.25) is 0 Å². The first kappa shape index (κ1) is 14.9. The Morgan fingerprint density at radius 2 is 1.95 bits per heavy atom. The lowest BCUT2D eigenvalue weighted by atomic mass is 10.1. The van der Waals surface area contributed by atoms with Crippen LogP contribution in [0.25, 0.3) is 0 Å². The van der Waals surface area contributed by atoms with Crippen LogP contribution < -0.4 is 0 Å². The molecule has 0 radical (unpaired) electrons. The monoisotopic (exact) mass is 395 g/mol. The molecule has 0 unspecified atom stereocenters. The molecule has 2 aromatic carbocycles. The largest absolute Gasteiger partial charge is 0.465 e. The average Bonchev–Trinajstić information content (AvgIpc) is 2.49. The highest BCUT2D eigenvalue weighted by atomic mass is 127. The van der Waals surface area contributed by atoms with E-state index in [0.717, 1.165) is 13.4 Å². The number of nitriles is 1. The van der Waals surface area contributed by atoms with Crippen LogP contribution in [0.2, 0.25) is 0 Å². The van der Waals surface area contributed by atoms with Gasteiger partial charge in [-0.25, -0.2) is 4.79 Å². The maximum Gasteiger partial charge on any atom is 0.337 e. The van der Waals surface area contributed by atoms with E-state index in [-0.39, 0.29) is 0 Å². The second-order valence-electron chi connectivity index (χ2n) is 3.87. The molecule has 0 aromatic heterocycles. The van der Waals surface area contributed by atoms with Crippen molar-refractivity contribution in [1.29, 1.82) is 5.26 Å². The van der Waals surface area contributed by atoms with Crippen LogP contribution in [0.5, 0.6) is 0 Å². The van der Waals surface area contributed by atoms with Gasteiger partial charge >= 0.3 is 5.97 Å². The number of methoxy groups -OCH3 is 1. The molecular weight excluding hydrogens is 385 g/mol. The predicted octanol–water partition coefficient (Wildman–Crippen LogP) is 4.10. The van der Waals surface area contributed by atoms with Crippen LogP contribution in [0, 0.1) is 14.9 Å². The van der Waals surface area contributed by atoms with Crippen molar-refractivity contribution >= 4 is 40.3 Å². The Morgan fingerprint density at radius 1 is 1.25 bits per heavy atom. The van der Waals surface area contributed by atoms with Crippen molar-refractivity contribution in [2.45, 2.75) is 9.79 Å². The number of esters is 1. The molecule has 0 atom stereocenters. The highest BCUT2D eigenvalue weighted by Crippen LogP contribution is 2.31. The highest BCUT2D eigenvalue weighted by Gasteiger charge is 2.10. The number of benzene rings is 2. The number of carbonyl (C=O) groups is 1. The Balaban J connectivity index is 2.30. The van der Waals surface area contributed by atoms with E-state index >= 15 is 0 Å². The molecule has 20 heavy (non-hydrogen) atoms. The Bertz CT molecular complexity index is 677. The molecule has 5 heteroatoms. The number of hydrogen-bond donors (Lipinski definition) is 0. The quantitative estimate of drug-likeness (QED) is 0.580. The standard InChI is InChI=1S/C15H10INO2S/c1-19-15(18)10-2-7-14(11(8-10)9-17)20-13-5-3-12(16)4-6-13/h2-8H,1H3. The van der Waals surface area contributed by atoms with Gasteiger partial charge in [0.05, 0.1) is 18.2 Å². The molecule has 2 aromatic rings. The topological polar surface area (TPSA) is 50.1 Å². The van der Waals surface area contributed by atoms with Crippen molar-refractivity contribution in [1.82, 2.24) is 0 Å². The summed E-state index contributed by atoms with van der Waals surface area (Å²) in [6.45, 7) is 0. The molecule has 0 aliphatic heterocycles. The summed E-state index contributed by atoms with van der Waals surface area (Å²) in [5.41, 5.74) is 0.854. The molecule has 3 nitrogen and oxygen atoms in total. The third-order valence-corrected chi connectivity index (χ3v) is 4.37. The summed E-state index contributed by atoms with van der Waals surface area (Å²) in [5, 5.41) is 9.20. The zero-order valence-corrected chi connectivity index (χ0v) is 13.6. The second-order valence-corrected chi connectivity index (χ2v) is 6.23. The van der Waals surface area contributed by atoms with Gasteiger partial charge in [-0.2, -0.15) is 5.26 Å². The highest BCUT2D eigenvalue weighted by molar-refractivity contribution is 14.1. The summed E-state index contributed by atoms with van der Waals surface area (Å²) in [7, 11) is 1.32. The molecule has 0 spiro atoms. The third-order valence-electron chi connectivity index (χ3n) is 2.56. The van der Waals surface area contributed by atoms with Crippen LogP contribution >= 0.6 is 34.4 Å². The third kappa shape index (κ3) is 3.52. The minimum absolute atomic E-state index is 0.385. The van der Waals surface area contributed by atoms with E-state index < -0.39 is 5.97 Å². The number of carbonyl (C=O) groups excluding carboxylic acids is 1. The van der Waals surface area contributed by atoms with Crippen molar-refractivity contribution < 1.29 is 9.53 Å². The van der Waals surface area contributed by atoms with Crippen molar-refractivity contribution in [3.8, 4) is 6.07 Å². The Labute approximate surface area is 135 Å². The van der Waals surface area contributed by atoms with Gasteiger partial charge in [0.15, 0.2) is 0 Å². The maximum absolute atomic E-state index is 11.4. The number of hydrogen-bond acceptors (Lipinski definition) is 4. The van der Waals surface area contributed by atoms with Crippen molar-refractivity contribution in [2.75, 3.05) is 7.11 Å². The Hall–Kier alpha value is -1.52. The maximum atomic E-state index is 11.4. The van der Waals surface area contributed by atoms with E-state index in [2.05, 4.69) is 33.4 Å². The first-order valence-electron chi connectivity index (χ1n) is 5.70. The van der Waals surface area contributed by atoms with E-state index in [1.807, 2.05) is 24.3 Å². The van der Waals surface area contributed by atoms with Crippen LogP contribution in [0.3, 0.4) is 0 Å². The van der Waals surface area contributed by atoms with Crippen LogP contribution in [0.4, 0.5) is 0 Å². The normalized spacial score (nSPS) is 9.85. The van der Waals surface area contributed by atoms with Gasteiger partial charge in [0.25, 0.3) is 0 Å². The van der Waals surface area contributed by atoms with Gasteiger partial charge in [-0.15, -0.1) is 0 Å². The number of rotatable bonds is 3.